The van der Waals surface area contributed by atoms with E-state index in [-0.39, 0.29) is 12.2 Å². The highest BCUT2D eigenvalue weighted by atomic mass is 16.7. The minimum atomic E-state index is -0.347. The molecule has 0 aromatic heterocycles. The summed E-state index contributed by atoms with van der Waals surface area (Å²) >= 11 is 0. The second-order valence-electron chi connectivity index (χ2n) is 4.81. The summed E-state index contributed by atoms with van der Waals surface area (Å²) in [6.07, 6.45) is 10.1. The predicted octanol–water partition coefficient (Wildman–Crippen LogP) is 3.66. The number of hydrogen-bond acceptors (Lipinski definition) is 3. The van der Waals surface area contributed by atoms with E-state index < -0.39 is 0 Å². The largest absolute Gasteiger partial charge is 0.393 e. The molecule has 1 N–H and O–H groups in total. The van der Waals surface area contributed by atoms with Gasteiger partial charge in [-0.1, -0.05) is 45.1 Å². The molecule has 3 nitrogen and oxygen atoms in total. The van der Waals surface area contributed by atoms with Crippen LogP contribution in [0.4, 0.5) is 0 Å². The number of rotatable bonds is 13. The lowest BCUT2D eigenvalue weighted by molar-refractivity contribution is -0.0869. The van der Waals surface area contributed by atoms with E-state index in [1.807, 2.05) is 0 Å². The smallest absolute Gasteiger partial charge is 0.146 e. The van der Waals surface area contributed by atoms with E-state index in [1.54, 1.807) is 13.2 Å². The summed E-state index contributed by atoms with van der Waals surface area (Å²) in [4.78, 5) is 0. The first kappa shape index (κ1) is 17.6. The Hall–Kier alpha value is -0.380. The molecule has 18 heavy (non-hydrogen) atoms. The van der Waals surface area contributed by atoms with Gasteiger partial charge in [0.05, 0.1) is 12.2 Å². The van der Waals surface area contributed by atoms with Crippen molar-refractivity contribution in [3.63, 3.8) is 0 Å². The van der Waals surface area contributed by atoms with Crippen molar-refractivity contribution >= 4 is 0 Å². The van der Waals surface area contributed by atoms with Gasteiger partial charge in [-0.05, 0) is 19.3 Å². The van der Waals surface area contributed by atoms with E-state index >= 15 is 0 Å². The maximum atomic E-state index is 9.77. The fraction of sp³-hybridized carbons (Fsp3) is 0.867. The van der Waals surface area contributed by atoms with Crippen LogP contribution in [0.25, 0.3) is 0 Å². The lowest BCUT2D eigenvalue weighted by Gasteiger charge is -2.20. The molecular formula is C15H30O3. The SMILES string of the molecule is C=CC[C@H](O)C[C@@H](CCCCCCC)OCOC. The van der Waals surface area contributed by atoms with Crippen molar-refractivity contribution in [3.05, 3.63) is 12.7 Å². The summed E-state index contributed by atoms with van der Waals surface area (Å²) in [5.74, 6) is 0. The van der Waals surface area contributed by atoms with Crippen LogP contribution >= 0.6 is 0 Å². The Labute approximate surface area is 112 Å². The third-order valence-corrected chi connectivity index (χ3v) is 3.02. The zero-order valence-corrected chi connectivity index (χ0v) is 12.1. The normalized spacial score (nSPS) is 14.4. The molecule has 0 aliphatic heterocycles. The predicted molar refractivity (Wildman–Crippen MR) is 75.6 cm³/mol. The molecule has 0 aliphatic carbocycles. The Morgan fingerprint density at radius 2 is 1.94 bits per heavy atom. The van der Waals surface area contributed by atoms with Crippen LogP contribution in [-0.4, -0.2) is 31.2 Å². The summed E-state index contributed by atoms with van der Waals surface area (Å²) in [5.41, 5.74) is 0. The summed E-state index contributed by atoms with van der Waals surface area (Å²) < 4.78 is 10.5. The zero-order chi connectivity index (χ0) is 13.6. The Kier molecular flexibility index (Phi) is 12.8. The lowest BCUT2D eigenvalue weighted by Crippen LogP contribution is -2.21. The summed E-state index contributed by atoms with van der Waals surface area (Å²) in [6.45, 7) is 6.16. The maximum absolute atomic E-state index is 9.77. The third kappa shape index (κ3) is 10.8. The van der Waals surface area contributed by atoms with Crippen LogP contribution in [0.1, 0.15) is 58.3 Å². The van der Waals surface area contributed by atoms with E-state index in [9.17, 15) is 5.11 Å². The fourth-order valence-corrected chi connectivity index (χ4v) is 2.00. The number of unbranched alkanes of at least 4 members (excludes halogenated alkanes) is 4. The Morgan fingerprint density at radius 1 is 1.22 bits per heavy atom. The molecule has 0 fully saturated rings. The molecule has 0 radical (unpaired) electrons. The molecule has 0 aliphatic rings. The lowest BCUT2D eigenvalue weighted by atomic mass is 10.0. The highest BCUT2D eigenvalue weighted by Crippen LogP contribution is 2.15. The number of methoxy groups -OCH3 is 1. The average molecular weight is 258 g/mol. The van der Waals surface area contributed by atoms with Crippen LogP contribution < -0.4 is 0 Å². The van der Waals surface area contributed by atoms with Crippen molar-refractivity contribution in [2.45, 2.75) is 70.5 Å². The molecule has 0 unspecified atom stereocenters. The molecule has 108 valence electrons. The Bertz CT molecular complexity index is 183. The molecule has 0 rings (SSSR count). The fourth-order valence-electron chi connectivity index (χ4n) is 2.00. The first-order chi connectivity index (χ1) is 8.74. The average Bonchev–Trinajstić information content (AvgIpc) is 2.35. The van der Waals surface area contributed by atoms with Crippen molar-refractivity contribution in [2.75, 3.05) is 13.9 Å². The first-order valence-electron chi connectivity index (χ1n) is 7.14. The first-order valence-corrected chi connectivity index (χ1v) is 7.14. The number of aliphatic hydroxyl groups excluding tert-OH is 1. The van der Waals surface area contributed by atoms with Gasteiger partial charge in [-0.25, -0.2) is 0 Å². The van der Waals surface area contributed by atoms with Gasteiger partial charge in [0.1, 0.15) is 6.79 Å². The molecule has 0 bridgehead atoms. The molecule has 0 aromatic carbocycles. The van der Waals surface area contributed by atoms with Crippen LogP contribution in [0, 0.1) is 0 Å². The van der Waals surface area contributed by atoms with Gasteiger partial charge in [0.2, 0.25) is 0 Å². The van der Waals surface area contributed by atoms with Crippen molar-refractivity contribution in [2.24, 2.45) is 0 Å². The number of hydrogen-bond donors (Lipinski definition) is 1. The topological polar surface area (TPSA) is 38.7 Å². The van der Waals surface area contributed by atoms with Crippen LogP contribution in [0.15, 0.2) is 12.7 Å². The molecule has 0 heterocycles. The standard InChI is InChI=1S/C15H30O3/c1-4-6-7-8-9-11-15(18-13-17-3)12-14(16)10-5-2/h5,14-16H,2,4,6-13H2,1,3H3/t14-,15+/m0/s1. The van der Waals surface area contributed by atoms with E-state index in [4.69, 9.17) is 9.47 Å². The van der Waals surface area contributed by atoms with Crippen molar-refractivity contribution in [1.29, 1.82) is 0 Å². The van der Waals surface area contributed by atoms with Crippen molar-refractivity contribution in [1.82, 2.24) is 0 Å². The van der Waals surface area contributed by atoms with E-state index in [0.717, 1.165) is 12.8 Å². The van der Waals surface area contributed by atoms with Crippen LogP contribution in [-0.2, 0) is 9.47 Å². The van der Waals surface area contributed by atoms with Gasteiger partial charge in [-0.2, -0.15) is 0 Å². The second-order valence-corrected chi connectivity index (χ2v) is 4.81. The van der Waals surface area contributed by atoms with Crippen molar-refractivity contribution < 1.29 is 14.6 Å². The minimum absolute atomic E-state index is 0.0986. The number of ether oxygens (including phenoxy) is 2. The molecule has 0 saturated heterocycles. The molecule has 0 amide bonds. The quantitative estimate of drug-likeness (QED) is 0.311. The van der Waals surface area contributed by atoms with Crippen molar-refractivity contribution in [3.8, 4) is 0 Å². The second kappa shape index (κ2) is 13.1. The highest BCUT2D eigenvalue weighted by molar-refractivity contribution is 4.75. The molecule has 0 saturated carbocycles. The van der Waals surface area contributed by atoms with Gasteiger partial charge in [0.25, 0.3) is 0 Å². The van der Waals surface area contributed by atoms with Gasteiger partial charge in [0.15, 0.2) is 0 Å². The van der Waals surface area contributed by atoms with Gasteiger partial charge in [-0.3, -0.25) is 0 Å². The number of aliphatic hydroxyl groups is 1. The summed E-state index contributed by atoms with van der Waals surface area (Å²) in [6, 6.07) is 0. The molecule has 3 heteroatoms. The minimum Gasteiger partial charge on any atom is -0.393 e. The highest BCUT2D eigenvalue weighted by Gasteiger charge is 2.14. The van der Waals surface area contributed by atoms with E-state index in [0.29, 0.717) is 19.6 Å². The monoisotopic (exact) mass is 258 g/mol. The Morgan fingerprint density at radius 3 is 2.56 bits per heavy atom. The third-order valence-electron chi connectivity index (χ3n) is 3.02. The summed E-state index contributed by atoms with van der Waals surface area (Å²) in [5, 5.41) is 9.77. The van der Waals surface area contributed by atoms with E-state index in [2.05, 4.69) is 13.5 Å². The van der Waals surface area contributed by atoms with Gasteiger partial charge in [-0.15, -0.1) is 6.58 Å². The van der Waals surface area contributed by atoms with Gasteiger partial charge < -0.3 is 14.6 Å². The maximum Gasteiger partial charge on any atom is 0.146 e. The van der Waals surface area contributed by atoms with Crippen LogP contribution in [0.5, 0.6) is 0 Å². The summed E-state index contributed by atoms with van der Waals surface area (Å²) in [7, 11) is 1.62. The molecule has 2 atom stereocenters. The van der Waals surface area contributed by atoms with E-state index in [1.165, 1.54) is 25.7 Å². The Balaban J connectivity index is 3.79. The molecular weight excluding hydrogens is 228 g/mol. The van der Waals surface area contributed by atoms with Gasteiger partial charge >= 0.3 is 0 Å². The zero-order valence-electron chi connectivity index (χ0n) is 12.1. The molecule has 0 spiro atoms. The van der Waals surface area contributed by atoms with Crippen LogP contribution in [0.3, 0.4) is 0 Å². The van der Waals surface area contributed by atoms with Gasteiger partial charge in [0, 0.05) is 7.11 Å². The van der Waals surface area contributed by atoms with Crippen LogP contribution in [0.2, 0.25) is 0 Å². The molecule has 0 aromatic rings.